The molecule has 2 aromatic heterocycles. The van der Waals surface area contributed by atoms with E-state index < -0.39 is 5.92 Å². The molecule has 1 aromatic carbocycles. The normalized spacial score (nSPS) is 17.3. The lowest BCUT2D eigenvalue weighted by atomic mass is 10.0. The molecule has 1 fully saturated rings. The number of amides is 1. The standard InChI is InChI=1S/C24H28F2N6O/c1-14(17-6-5-7-18(10-17)24(4,25)26)28-23-20-11-22(27-12-21(20)29-15(2)30-23)32-9-8-19(13-32)31-16(3)33/h5-7,10-12,14,19H,8-9,13H2,1-4H3,(H,31,33)(H,28,29,30)/t14-,19-/m1/s1. The van der Waals surface area contributed by atoms with Gasteiger partial charge in [0.15, 0.2) is 0 Å². The molecule has 0 radical (unpaired) electrons. The number of benzene rings is 1. The molecule has 174 valence electrons. The fraction of sp³-hybridized carbons (Fsp3) is 0.417. The molecule has 4 rings (SSSR count). The van der Waals surface area contributed by atoms with Gasteiger partial charge in [0.05, 0.1) is 11.7 Å². The van der Waals surface area contributed by atoms with Gasteiger partial charge in [-0.15, -0.1) is 0 Å². The lowest BCUT2D eigenvalue weighted by molar-refractivity contribution is -0.119. The first-order valence-electron chi connectivity index (χ1n) is 11.0. The monoisotopic (exact) mass is 454 g/mol. The van der Waals surface area contributed by atoms with Gasteiger partial charge < -0.3 is 15.5 Å². The van der Waals surface area contributed by atoms with Gasteiger partial charge in [-0.05, 0) is 38.0 Å². The van der Waals surface area contributed by atoms with Gasteiger partial charge >= 0.3 is 0 Å². The molecule has 0 aliphatic carbocycles. The molecule has 9 heteroatoms. The minimum Gasteiger partial charge on any atom is -0.363 e. The Morgan fingerprint density at radius 3 is 2.79 bits per heavy atom. The Bertz CT molecular complexity index is 1180. The number of fused-ring (bicyclic) bond motifs is 1. The third-order valence-corrected chi connectivity index (χ3v) is 5.85. The van der Waals surface area contributed by atoms with E-state index in [1.54, 1.807) is 19.2 Å². The summed E-state index contributed by atoms with van der Waals surface area (Å²) in [6.07, 6.45) is 2.57. The maximum absolute atomic E-state index is 13.8. The number of halogens is 2. The predicted molar refractivity (Wildman–Crippen MR) is 125 cm³/mol. The summed E-state index contributed by atoms with van der Waals surface area (Å²) in [4.78, 5) is 27.2. The number of alkyl halides is 2. The van der Waals surface area contributed by atoms with Crippen LogP contribution in [0.4, 0.5) is 20.4 Å². The highest BCUT2D eigenvalue weighted by atomic mass is 19.3. The molecule has 0 saturated carbocycles. The number of nitrogens with zero attached hydrogens (tertiary/aromatic N) is 4. The summed E-state index contributed by atoms with van der Waals surface area (Å²) in [7, 11) is 0. The van der Waals surface area contributed by atoms with Crippen LogP contribution in [-0.4, -0.2) is 40.0 Å². The van der Waals surface area contributed by atoms with Crippen molar-refractivity contribution in [3.63, 3.8) is 0 Å². The van der Waals surface area contributed by atoms with Crippen molar-refractivity contribution in [2.45, 2.75) is 52.1 Å². The first-order chi connectivity index (χ1) is 15.6. The second kappa shape index (κ2) is 8.88. The average molecular weight is 455 g/mol. The zero-order chi connectivity index (χ0) is 23.8. The topological polar surface area (TPSA) is 83.0 Å². The SMILES string of the molecule is CC(=O)N[C@@H]1CCN(c2cc3c(N[C@H](C)c4cccc(C(C)(F)F)c4)nc(C)nc3cn2)C1. The van der Waals surface area contributed by atoms with Crippen LogP contribution in [0.2, 0.25) is 0 Å². The summed E-state index contributed by atoms with van der Waals surface area (Å²) >= 11 is 0. The van der Waals surface area contributed by atoms with Gasteiger partial charge in [0, 0.05) is 50.0 Å². The van der Waals surface area contributed by atoms with Crippen LogP contribution >= 0.6 is 0 Å². The maximum Gasteiger partial charge on any atom is 0.270 e. The van der Waals surface area contributed by atoms with E-state index in [1.807, 2.05) is 19.1 Å². The van der Waals surface area contributed by atoms with E-state index in [4.69, 9.17) is 0 Å². The van der Waals surface area contributed by atoms with Crippen molar-refractivity contribution in [3.8, 4) is 0 Å². The molecule has 33 heavy (non-hydrogen) atoms. The minimum atomic E-state index is -2.90. The Morgan fingerprint density at radius 2 is 2.06 bits per heavy atom. The fourth-order valence-corrected chi connectivity index (χ4v) is 4.16. The molecular weight excluding hydrogens is 426 g/mol. The molecule has 0 spiro atoms. The molecule has 1 aliphatic rings. The van der Waals surface area contributed by atoms with Crippen molar-refractivity contribution in [1.29, 1.82) is 0 Å². The number of rotatable bonds is 6. The molecule has 1 amide bonds. The van der Waals surface area contributed by atoms with Crippen LogP contribution in [0.25, 0.3) is 10.9 Å². The molecular formula is C24H28F2N6O. The van der Waals surface area contributed by atoms with Crippen LogP contribution in [0.1, 0.15) is 50.2 Å². The average Bonchev–Trinajstić information content (AvgIpc) is 3.20. The molecule has 7 nitrogen and oxygen atoms in total. The van der Waals surface area contributed by atoms with Crippen LogP contribution in [0, 0.1) is 6.92 Å². The molecule has 3 aromatic rings. The molecule has 3 heterocycles. The molecule has 2 N–H and O–H groups in total. The Kier molecular flexibility index (Phi) is 6.14. The van der Waals surface area contributed by atoms with Gasteiger partial charge in [-0.25, -0.2) is 23.7 Å². The number of anilines is 2. The first kappa shape index (κ1) is 22.8. The van der Waals surface area contributed by atoms with Gasteiger partial charge in [0.2, 0.25) is 5.91 Å². The van der Waals surface area contributed by atoms with E-state index in [1.165, 1.54) is 19.1 Å². The highest BCUT2D eigenvalue weighted by Crippen LogP contribution is 2.31. The third kappa shape index (κ3) is 5.18. The number of pyridine rings is 1. The summed E-state index contributed by atoms with van der Waals surface area (Å²) in [5.41, 5.74) is 1.42. The molecule has 1 saturated heterocycles. The van der Waals surface area contributed by atoms with Crippen molar-refractivity contribution in [3.05, 3.63) is 53.5 Å². The maximum atomic E-state index is 13.8. The summed E-state index contributed by atoms with van der Waals surface area (Å²) in [5.74, 6) is -0.944. The second-order valence-corrected chi connectivity index (χ2v) is 8.69. The van der Waals surface area contributed by atoms with Gasteiger partial charge in [-0.2, -0.15) is 0 Å². The van der Waals surface area contributed by atoms with Gasteiger partial charge in [-0.1, -0.05) is 18.2 Å². The van der Waals surface area contributed by atoms with E-state index in [2.05, 4.69) is 30.5 Å². The van der Waals surface area contributed by atoms with Gasteiger partial charge in [-0.3, -0.25) is 4.79 Å². The highest BCUT2D eigenvalue weighted by Gasteiger charge is 2.26. The summed E-state index contributed by atoms with van der Waals surface area (Å²) in [6, 6.07) is 8.20. The highest BCUT2D eigenvalue weighted by molar-refractivity contribution is 5.90. The number of hydrogen-bond donors (Lipinski definition) is 2. The summed E-state index contributed by atoms with van der Waals surface area (Å²) in [6.45, 7) is 7.61. The van der Waals surface area contributed by atoms with Gasteiger partial charge in [0.1, 0.15) is 17.5 Å². The third-order valence-electron chi connectivity index (χ3n) is 5.85. The number of aryl methyl sites for hydroxylation is 1. The minimum absolute atomic E-state index is 0.0216. The Balaban J connectivity index is 1.62. The Hall–Kier alpha value is -3.36. The fourth-order valence-electron chi connectivity index (χ4n) is 4.16. The van der Waals surface area contributed by atoms with Gasteiger partial charge in [0.25, 0.3) is 5.92 Å². The second-order valence-electron chi connectivity index (χ2n) is 8.69. The molecule has 0 unspecified atom stereocenters. The number of hydrogen-bond acceptors (Lipinski definition) is 6. The predicted octanol–water partition coefficient (Wildman–Crippen LogP) is 4.33. The quantitative estimate of drug-likeness (QED) is 0.577. The van der Waals surface area contributed by atoms with Crippen LogP contribution in [0.5, 0.6) is 0 Å². The lowest BCUT2D eigenvalue weighted by Gasteiger charge is -2.21. The van der Waals surface area contributed by atoms with Crippen LogP contribution < -0.4 is 15.5 Å². The zero-order valence-electron chi connectivity index (χ0n) is 19.2. The van der Waals surface area contributed by atoms with E-state index >= 15 is 0 Å². The zero-order valence-corrected chi connectivity index (χ0v) is 19.2. The number of carbonyl (C=O) groups excluding carboxylic acids is 1. The lowest BCUT2D eigenvalue weighted by Crippen LogP contribution is -2.35. The largest absolute Gasteiger partial charge is 0.363 e. The van der Waals surface area contributed by atoms with Crippen molar-refractivity contribution >= 4 is 28.4 Å². The van der Waals surface area contributed by atoms with Crippen LogP contribution in [0.15, 0.2) is 36.5 Å². The number of carbonyl (C=O) groups is 1. The molecule has 2 atom stereocenters. The van der Waals surface area contributed by atoms with Crippen molar-refractivity contribution in [2.24, 2.45) is 0 Å². The van der Waals surface area contributed by atoms with E-state index in [0.717, 1.165) is 36.7 Å². The van der Waals surface area contributed by atoms with E-state index in [-0.39, 0.29) is 23.6 Å². The smallest absolute Gasteiger partial charge is 0.270 e. The molecule has 0 bridgehead atoms. The first-order valence-corrected chi connectivity index (χ1v) is 11.0. The van der Waals surface area contributed by atoms with Crippen molar-refractivity contribution < 1.29 is 13.6 Å². The van der Waals surface area contributed by atoms with E-state index in [0.29, 0.717) is 23.7 Å². The van der Waals surface area contributed by atoms with Crippen molar-refractivity contribution in [2.75, 3.05) is 23.3 Å². The van der Waals surface area contributed by atoms with Crippen molar-refractivity contribution in [1.82, 2.24) is 20.3 Å². The Labute approximate surface area is 191 Å². The van der Waals surface area contributed by atoms with Crippen LogP contribution in [0.3, 0.4) is 0 Å². The van der Waals surface area contributed by atoms with Crippen LogP contribution in [-0.2, 0) is 10.7 Å². The summed E-state index contributed by atoms with van der Waals surface area (Å²) < 4.78 is 27.6. The summed E-state index contributed by atoms with van der Waals surface area (Å²) in [5, 5.41) is 7.14. The number of aromatic nitrogens is 3. The molecule has 1 aliphatic heterocycles. The number of nitrogens with one attached hydrogen (secondary N) is 2. The Morgan fingerprint density at radius 1 is 1.27 bits per heavy atom. The van der Waals surface area contributed by atoms with E-state index in [9.17, 15) is 13.6 Å².